The van der Waals surface area contributed by atoms with Gasteiger partial charge in [0.15, 0.2) is 11.5 Å². The van der Waals surface area contributed by atoms with Crippen LogP contribution < -0.4 is 24.7 Å². The first-order valence-electron chi connectivity index (χ1n) is 7.88. The van der Waals surface area contributed by atoms with Gasteiger partial charge in [-0.3, -0.25) is 0 Å². The Bertz CT molecular complexity index is 934. The molecule has 25 heavy (non-hydrogen) atoms. The average Bonchev–Trinajstić information content (AvgIpc) is 3.07. The first-order chi connectivity index (χ1) is 12.2. The van der Waals surface area contributed by atoms with E-state index in [2.05, 4.69) is 4.98 Å². The highest BCUT2D eigenvalue weighted by atomic mass is 16.7. The molecule has 0 atom stereocenters. The third kappa shape index (κ3) is 2.65. The second-order valence-corrected chi connectivity index (χ2v) is 5.75. The number of fused-ring (bicyclic) bond motifs is 2. The molecule has 3 aromatic rings. The van der Waals surface area contributed by atoms with Gasteiger partial charge in [-0.2, -0.15) is 0 Å². The highest BCUT2D eigenvalue weighted by Gasteiger charge is 2.17. The molecule has 6 nitrogen and oxygen atoms in total. The van der Waals surface area contributed by atoms with Crippen molar-refractivity contribution in [3.05, 3.63) is 47.5 Å². The molecule has 0 bridgehead atoms. The highest BCUT2D eigenvalue weighted by molar-refractivity contribution is 5.85. The Labute approximate surface area is 145 Å². The van der Waals surface area contributed by atoms with Crippen LogP contribution in [-0.2, 0) is 6.42 Å². The molecule has 0 unspecified atom stereocenters. The van der Waals surface area contributed by atoms with E-state index in [1.54, 1.807) is 14.2 Å². The zero-order chi connectivity index (χ0) is 17.4. The fourth-order valence-electron chi connectivity index (χ4n) is 3.06. The summed E-state index contributed by atoms with van der Waals surface area (Å²) in [6.07, 6.45) is 0.552. The molecule has 6 heteroatoms. The van der Waals surface area contributed by atoms with Gasteiger partial charge in [-0.05, 0) is 29.8 Å². The monoisotopic (exact) mass is 338 g/mol. The highest BCUT2D eigenvalue weighted by Crippen LogP contribution is 2.37. The molecule has 2 N–H and O–H groups in total. The van der Waals surface area contributed by atoms with Crippen LogP contribution in [0.1, 0.15) is 11.1 Å². The minimum atomic E-state index is 0.229. The van der Waals surface area contributed by atoms with E-state index in [-0.39, 0.29) is 6.79 Å². The van der Waals surface area contributed by atoms with Crippen molar-refractivity contribution in [2.75, 3.05) is 26.7 Å². The molecule has 0 saturated heterocycles. The molecule has 2 heterocycles. The minimum absolute atomic E-state index is 0.229. The summed E-state index contributed by atoms with van der Waals surface area (Å²) < 4.78 is 21.8. The molecule has 4 rings (SSSR count). The Balaban J connectivity index is 1.80. The number of nitrogens with zero attached hydrogens (tertiary/aromatic N) is 1. The van der Waals surface area contributed by atoms with E-state index in [1.165, 1.54) is 0 Å². The lowest BCUT2D eigenvalue weighted by Gasteiger charge is -2.14. The first kappa shape index (κ1) is 15.4. The maximum Gasteiger partial charge on any atom is 0.231 e. The summed E-state index contributed by atoms with van der Waals surface area (Å²) in [7, 11) is 3.28. The van der Waals surface area contributed by atoms with E-state index in [0.29, 0.717) is 18.0 Å². The molecule has 0 aliphatic carbocycles. The summed E-state index contributed by atoms with van der Waals surface area (Å²) in [6.45, 7) is 0.229. The number of anilines is 1. The van der Waals surface area contributed by atoms with Crippen molar-refractivity contribution in [2.24, 2.45) is 0 Å². The van der Waals surface area contributed by atoms with Crippen molar-refractivity contribution < 1.29 is 18.9 Å². The van der Waals surface area contributed by atoms with Crippen LogP contribution in [0.25, 0.3) is 10.9 Å². The summed E-state index contributed by atoms with van der Waals surface area (Å²) in [5.74, 6) is 3.40. The molecule has 0 radical (unpaired) electrons. The number of hydrogen-bond acceptors (Lipinski definition) is 6. The summed E-state index contributed by atoms with van der Waals surface area (Å²) in [6, 6.07) is 11.5. The number of benzene rings is 2. The molecule has 1 aromatic heterocycles. The normalized spacial score (nSPS) is 12.4. The number of nitrogens with two attached hydrogens (primary N) is 1. The van der Waals surface area contributed by atoms with Crippen molar-refractivity contribution in [2.45, 2.75) is 6.42 Å². The molecule has 0 saturated carbocycles. The van der Waals surface area contributed by atoms with Gasteiger partial charge in [0, 0.05) is 23.4 Å². The number of pyridine rings is 1. The fourth-order valence-corrected chi connectivity index (χ4v) is 3.06. The predicted octanol–water partition coefficient (Wildman–Crippen LogP) is 3.15. The van der Waals surface area contributed by atoms with Crippen molar-refractivity contribution in [3.63, 3.8) is 0 Å². The van der Waals surface area contributed by atoms with Crippen LogP contribution in [0.15, 0.2) is 36.4 Å². The lowest BCUT2D eigenvalue weighted by atomic mass is 10.0. The summed E-state index contributed by atoms with van der Waals surface area (Å²) in [5, 5.41) is 0.947. The summed E-state index contributed by atoms with van der Waals surface area (Å²) in [5.41, 5.74) is 8.80. The average molecular weight is 338 g/mol. The van der Waals surface area contributed by atoms with Crippen LogP contribution in [0.4, 0.5) is 5.82 Å². The van der Waals surface area contributed by atoms with Gasteiger partial charge in [0.2, 0.25) is 6.79 Å². The third-order valence-corrected chi connectivity index (χ3v) is 4.32. The van der Waals surface area contributed by atoms with E-state index >= 15 is 0 Å². The zero-order valence-electron chi connectivity index (χ0n) is 14.0. The van der Waals surface area contributed by atoms with Crippen molar-refractivity contribution >= 4 is 16.7 Å². The van der Waals surface area contributed by atoms with Gasteiger partial charge in [0.25, 0.3) is 0 Å². The lowest BCUT2D eigenvalue weighted by Crippen LogP contribution is -2.02. The maximum atomic E-state index is 6.20. The summed E-state index contributed by atoms with van der Waals surface area (Å²) in [4.78, 5) is 4.52. The third-order valence-electron chi connectivity index (χ3n) is 4.32. The smallest absolute Gasteiger partial charge is 0.231 e. The molecule has 0 fully saturated rings. The fraction of sp³-hybridized carbons (Fsp3) is 0.211. The van der Waals surface area contributed by atoms with Crippen LogP contribution in [-0.4, -0.2) is 26.0 Å². The predicted molar refractivity (Wildman–Crippen MR) is 94.6 cm³/mol. The second-order valence-electron chi connectivity index (χ2n) is 5.75. The number of nitrogen functional groups attached to an aromatic ring is 1. The van der Waals surface area contributed by atoms with Crippen molar-refractivity contribution in [1.29, 1.82) is 0 Å². The first-order valence-corrected chi connectivity index (χ1v) is 7.88. The molecule has 128 valence electrons. The molecular weight excluding hydrogens is 320 g/mol. The largest absolute Gasteiger partial charge is 0.496 e. The molecule has 0 spiro atoms. The Hall–Kier alpha value is -3.15. The van der Waals surface area contributed by atoms with Gasteiger partial charge in [-0.1, -0.05) is 6.07 Å². The number of ether oxygens (including phenoxy) is 4. The lowest BCUT2D eigenvalue weighted by molar-refractivity contribution is 0.174. The number of methoxy groups -OCH3 is 2. The van der Waals surface area contributed by atoms with Crippen LogP contribution >= 0.6 is 0 Å². The number of aromatic nitrogens is 1. The van der Waals surface area contributed by atoms with Crippen LogP contribution in [0, 0.1) is 0 Å². The van der Waals surface area contributed by atoms with E-state index in [0.717, 1.165) is 39.3 Å². The molecule has 1 aliphatic rings. The van der Waals surface area contributed by atoms with Gasteiger partial charge >= 0.3 is 0 Å². The molecule has 2 aromatic carbocycles. The Morgan fingerprint density at radius 2 is 1.72 bits per heavy atom. The van der Waals surface area contributed by atoms with Gasteiger partial charge in [-0.25, -0.2) is 4.98 Å². The van der Waals surface area contributed by atoms with E-state index in [4.69, 9.17) is 24.7 Å². The van der Waals surface area contributed by atoms with Gasteiger partial charge in [0.05, 0.1) is 19.7 Å². The summed E-state index contributed by atoms with van der Waals surface area (Å²) >= 11 is 0. The van der Waals surface area contributed by atoms with Gasteiger partial charge in [0.1, 0.15) is 17.3 Å². The van der Waals surface area contributed by atoms with Gasteiger partial charge in [-0.15, -0.1) is 0 Å². The Kier molecular flexibility index (Phi) is 3.72. The van der Waals surface area contributed by atoms with Crippen LogP contribution in [0.5, 0.6) is 23.0 Å². The SMILES string of the molecule is COc1cccc(OC)c1Cc1cc2cc3c(cc2nc1N)OCO3. The van der Waals surface area contributed by atoms with Crippen molar-refractivity contribution in [3.8, 4) is 23.0 Å². The van der Waals surface area contributed by atoms with E-state index in [1.807, 2.05) is 36.4 Å². The Morgan fingerprint density at radius 1 is 1.04 bits per heavy atom. The van der Waals surface area contributed by atoms with Crippen molar-refractivity contribution in [1.82, 2.24) is 4.98 Å². The Morgan fingerprint density at radius 3 is 2.40 bits per heavy atom. The standard InChI is InChI=1S/C19H18N2O4/c1-22-15-4-3-5-16(23-2)13(15)7-12-6-11-8-17-18(25-10-24-17)9-14(11)21-19(12)20/h3-6,8-9H,7,10H2,1-2H3,(H2,20,21). The number of hydrogen-bond donors (Lipinski definition) is 1. The van der Waals surface area contributed by atoms with Gasteiger partial charge < -0.3 is 24.7 Å². The number of rotatable bonds is 4. The minimum Gasteiger partial charge on any atom is -0.496 e. The van der Waals surface area contributed by atoms with E-state index in [9.17, 15) is 0 Å². The van der Waals surface area contributed by atoms with Crippen LogP contribution in [0.3, 0.4) is 0 Å². The van der Waals surface area contributed by atoms with E-state index < -0.39 is 0 Å². The molecule has 1 aliphatic heterocycles. The molecular formula is C19H18N2O4. The zero-order valence-corrected chi connectivity index (χ0v) is 14.0. The topological polar surface area (TPSA) is 75.8 Å². The van der Waals surface area contributed by atoms with Crippen LogP contribution in [0.2, 0.25) is 0 Å². The maximum absolute atomic E-state index is 6.20. The molecule has 0 amide bonds. The quantitative estimate of drug-likeness (QED) is 0.787. The second kappa shape index (κ2) is 6.05.